The lowest BCUT2D eigenvalue weighted by atomic mass is 10.1. The van der Waals surface area contributed by atoms with Crippen molar-refractivity contribution >= 4 is 66.6 Å². The molecular weight excluding hydrogens is 564 g/mol. The number of nitrogens with one attached hydrogen (secondary N) is 2. The molecule has 3 atom stereocenters. The number of hydrogen-bond acceptors (Lipinski definition) is 8. The predicted molar refractivity (Wildman–Crippen MR) is 140 cm³/mol. The van der Waals surface area contributed by atoms with Crippen LogP contribution in [0.3, 0.4) is 0 Å². The first-order valence-electron chi connectivity index (χ1n) is 12.0. The van der Waals surface area contributed by atoms with Gasteiger partial charge in [0.25, 0.3) is 0 Å². The zero-order valence-electron chi connectivity index (χ0n) is 20.0. The van der Waals surface area contributed by atoms with E-state index in [9.17, 15) is 31.2 Å². The molecule has 3 fully saturated rings. The molecule has 0 aromatic carbocycles. The van der Waals surface area contributed by atoms with E-state index in [1.165, 1.54) is 27.2 Å². The fourth-order valence-electron chi connectivity index (χ4n) is 4.82. The van der Waals surface area contributed by atoms with Crippen LogP contribution < -0.4 is 10.0 Å². The smallest absolute Gasteiger partial charge is 0.243 e. The Kier molecular flexibility index (Phi) is 8.63. The highest BCUT2D eigenvalue weighted by atomic mass is 35.5. The van der Waals surface area contributed by atoms with Crippen molar-refractivity contribution in [1.29, 1.82) is 0 Å². The number of nitrogens with zero attached hydrogens (tertiary/aromatic N) is 2. The maximum absolute atomic E-state index is 13.1. The third-order valence-electron chi connectivity index (χ3n) is 6.62. The van der Waals surface area contributed by atoms with Gasteiger partial charge in [0.2, 0.25) is 27.7 Å². The quantitative estimate of drug-likeness (QED) is 0.448. The van der Waals surface area contributed by atoms with Gasteiger partial charge in [0, 0.05) is 29.4 Å². The van der Waals surface area contributed by atoms with Crippen LogP contribution in [0.25, 0.3) is 6.08 Å². The maximum Gasteiger partial charge on any atom is 0.243 e. The van der Waals surface area contributed by atoms with E-state index in [4.69, 9.17) is 11.6 Å². The molecule has 0 bridgehead atoms. The van der Waals surface area contributed by atoms with Crippen molar-refractivity contribution in [2.75, 3.05) is 31.1 Å². The Morgan fingerprint density at radius 2 is 1.92 bits per heavy atom. The molecule has 3 saturated heterocycles. The second kappa shape index (κ2) is 11.4. The largest absolute Gasteiger partial charge is 0.351 e. The molecule has 3 amide bonds. The number of hydrogen-bond donors (Lipinski definition) is 2. The third kappa shape index (κ3) is 7.31. The minimum absolute atomic E-state index is 0.0332. The minimum Gasteiger partial charge on any atom is -0.351 e. The molecule has 0 spiro atoms. The molecule has 204 valence electrons. The average molecular weight is 593 g/mol. The van der Waals surface area contributed by atoms with Gasteiger partial charge in [-0.1, -0.05) is 11.6 Å². The van der Waals surface area contributed by atoms with E-state index in [1.807, 2.05) is 0 Å². The summed E-state index contributed by atoms with van der Waals surface area (Å²) >= 11 is 7.08. The summed E-state index contributed by atoms with van der Waals surface area (Å²) in [5.74, 6) is -1.35. The van der Waals surface area contributed by atoms with E-state index in [0.29, 0.717) is 54.4 Å². The van der Waals surface area contributed by atoms with Crippen molar-refractivity contribution in [3.8, 4) is 0 Å². The van der Waals surface area contributed by atoms with Crippen LogP contribution in [0.2, 0.25) is 4.34 Å². The van der Waals surface area contributed by atoms with Gasteiger partial charge in [-0.3, -0.25) is 14.4 Å². The summed E-state index contributed by atoms with van der Waals surface area (Å²) in [6.45, 7) is 0.397. The summed E-state index contributed by atoms with van der Waals surface area (Å²) in [4.78, 5) is 42.2. The average Bonchev–Trinajstić information content (AvgIpc) is 3.55. The van der Waals surface area contributed by atoms with E-state index in [-0.39, 0.29) is 24.0 Å². The molecule has 1 aromatic heterocycles. The molecule has 11 nitrogen and oxygen atoms in total. The van der Waals surface area contributed by atoms with Gasteiger partial charge >= 0.3 is 0 Å². The summed E-state index contributed by atoms with van der Waals surface area (Å²) in [7, 11) is -7.07. The molecule has 3 aliphatic rings. The summed E-state index contributed by atoms with van der Waals surface area (Å²) in [6.07, 6.45) is 3.63. The normalized spacial score (nSPS) is 26.2. The van der Waals surface area contributed by atoms with Crippen molar-refractivity contribution in [1.82, 2.24) is 19.8 Å². The Hall–Kier alpha value is -2.00. The fourth-order valence-corrected chi connectivity index (χ4v) is 8.56. The lowest BCUT2D eigenvalue weighted by molar-refractivity contribution is -0.145. The van der Waals surface area contributed by atoms with Gasteiger partial charge in [-0.25, -0.2) is 16.8 Å². The molecule has 0 aliphatic carbocycles. The number of thiophene rings is 1. The molecule has 4 rings (SSSR count). The summed E-state index contributed by atoms with van der Waals surface area (Å²) < 4.78 is 51.3. The highest BCUT2D eigenvalue weighted by molar-refractivity contribution is 7.92. The minimum atomic E-state index is -3.92. The van der Waals surface area contributed by atoms with E-state index in [0.717, 1.165) is 5.41 Å². The summed E-state index contributed by atoms with van der Waals surface area (Å²) in [5, 5.41) is 3.73. The number of carbonyl (C=O) groups is 3. The third-order valence-corrected chi connectivity index (χ3v) is 10.7. The standard InChI is InChI=1S/C22H29ClN4O7S3/c23-19-6-5-16(35-19)8-12-37(33,34)25-17-3-1-9-26(22(17)30)13-20(28)27-10-2-4-18(27)21(29)24-15-7-11-36(31,32)14-15/h5-6,8,12,15,17-18,25H,1-4,7,9-11,13-14H2,(H,24,29)/t15?,17-,18-/m0/s1. The Labute approximate surface area is 225 Å². The highest BCUT2D eigenvalue weighted by Gasteiger charge is 2.39. The predicted octanol–water partition coefficient (Wildman–Crippen LogP) is 0.577. The van der Waals surface area contributed by atoms with Gasteiger partial charge in [0.05, 0.1) is 22.4 Å². The van der Waals surface area contributed by atoms with E-state index in [2.05, 4.69) is 10.0 Å². The molecule has 37 heavy (non-hydrogen) atoms. The molecule has 1 unspecified atom stereocenters. The molecule has 1 aromatic rings. The first-order valence-corrected chi connectivity index (χ1v) is 16.5. The zero-order chi connectivity index (χ0) is 26.8. The number of likely N-dealkylation sites (tertiary alicyclic amines) is 2. The van der Waals surface area contributed by atoms with Gasteiger partial charge in [0.1, 0.15) is 12.1 Å². The lowest BCUT2D eigenvalue weighted by Gasteiger charge is -2.34. The van der Waals surface area contributed by atoms with Crippen molar-refractivity contribution in [3.63, 3.8) is 0 Å². The number of halogens is 1. The lowest BCUT2D eigenvalue weighted by Crippen LogP contribution is -2.56. The van der Waals surface area contributed by atoms with Crippen molar-refractivity contribution in [3.05, 3.63) is 26.8 Å². The molecule has 4 heterocycles. The Morgan fingerprint density at radius 1 is 1.16 bits per heavy atom. The van der Waals surface area contributed by atoms with Crippen LogP contribution in [-0.4, -0.2) is 93.6 Å². The Morgan fingerprint density at radius 3 is 2.59 bits per heavy atom. The SMILES string of the molecule is O=C(NC1CCS(=O)(=O)C1)[C@@H]1CCCN1C(=O)CN1CCC[C@H](NS(=O)(=O)C=Cc2ccc(Cl)s2)C1=O. The summed E-state index contributed by atoms with van der Waals surface area (Å²) in [6, 6.07) is 1.16. The maximum atomic E-state index is 13.1. The van der Waals surface area contributed by atoms with Gasteiger partial charge in [-0.05, 0) is 50.3 Å². The first kappa shape index (κ1) is 28.0. The van der Waals surface area contributed by atoms with Gasteiger partial charge in [0.15, 0.2) is 9.84 Å². The van der Waals surface area contributed by atoms with E-state index < -0.39 is 49.8 Å². The van der Waals surface area contributed by atoms with Gasteiger partial charge in [-0.15, -0.1) is 11.3 Å². The highest BCUT2D eigenvalue weighted by Crippen LogP contribution is 2.23. The second-order valence-corrected chi connectivity index (χ2v) is 15.0. The monoisotopic (exact) mass is 592 g/mol. The topological polar surface area (TPSA) is 150 Å². The number of sulfone groups is 1. The van der Waals surface area contributed by atoms with Crippen molar-refractivity contribution < 1.29 is 31.2 Å². The molecule has 15 heteroatoms. The van der Waals surface area contributed by atoms with Crippen LogP contribution in [0.15, 0.2) is 17.5 Å². The number of piperidine rings is 1. The van der Waals surface area contributed by atoms with E-state index >= 15 is 0 Å². The molecule has 3 aliphatic heterocycles. The number of sulfonamides is 1. The molecule has 0 saturated carbocycles. The Bertz CT molecular complexity index is 1290. The van der Waals surface area contributed by atoms with Crippen LogP contribution >= 0.6 is 22.9 Å². The molecule has 0 radical (unpaired) electrons. The molecule has 2 N–H and O–H groups in total. The Balaban J connectivity index is 1.33. The number of rotatable bonds is 8. The van der Waals surface area contributed by atoms with Crippen molar-refractivity contribution in [2.45, 2.75) is 50.2 Å². The van der Waals surface area contributed by atoms with Crippen molar-refractivity contribution in [2.24, 2.45) is 0 Å². The van der Waals surface area contributed by atoms with Gasteiger partial charge in [-0.2, -0.15) is 4.72 Å². The summed E-state index contributed by atoms with van der Waals surface area (Å²) in [5.41, 5.74) is 0. The van der Waals surface area contributed by atoms with Crippen LogP contribution in [0.4, 0.5) is 0 Å². The fraction of sp³-hybridized carbons (Fsp3) is 0.591. The van der Waals surface area contributed by atoms with Crippen LogP contribution in [0.5, 0.6) is 0 Å². The number of carbonyl (C=O) groups excluding carboxylic acids is 3. The van der Waals surface area contributed by atoms with Crippen LogP contribution in [-0.2, 0) is 34.2 Å². The van der Waals surface area contributed by atoms with Crippen LogP contribution in [0, 0.1) is 0 Å². The number of amides is 3. The second-order valence-electron chi connectivity index (χ2n) is 9.42. The van der Waals surface area contributed by atoms with E-state index in [1.54, 1.807) is 12.1 Å². The van der Waals surface area contributed by atoms with Crippen LogP contribution in [0.1, 0.15) is 37.0 Å². The first-order chi connectivity index (χ1) is 17.4. The molecular formula is C22H29ClN4O7S3. The van der Waals surface area contributed by atoms with Gasteiger partial charge < -0.3 is 15.1 Å². The zero-order valence-corrected chi connectivity index (χ0v) is 23.2.